The average Bonchev–Trinajstić information content (AvgIpc) is 3.01. The molecule has 1 atom stereocenters. The fourth-order valence-corrected chi connectivity index (χ4v) is 2.36. The number of nitrogens with one attached hydrogen (secondary N) is 1. The molecule has 0 spiro atoms. The predicted octanol–water partition coefficient (Wildman–Crippen LogP) is 2.99. The van der Waals surface area contributed by atoms with E-state index in [1.54, 1.807) is 0 Å². The zero-order chi connectivity index (χ0) is 16.7. The van der Waals surface area contributed by atoms with Crippen molar-refractivity contribution in [1.29, 1.82) is 0 Å². The van der Waals surface area contributed by atoms with Crippen LogP contribution >= 0.6 is 0 Å². The van der Waals surface area contributed by atoms with Crippen molar-refractivity contribution >= 4 is 5.78 Å². The molecule has 124 valence electrons. The molecular formula is C18H25N3O2. The van der Waals surface area contributed by atoms with Crippen LogP contribution in [0.3, 0.4) is 0 Å². The topological polar surface area (TPSA) is 68.0 Å². The van der Waals surface area contributed by atoms with Crippen molar-refractivity contribution in [2.24, 2.45) is 0 Å². The van der Waals surface area contributed by atoms with Gasteiger partial charge in [0, 0.05) is 30.9 Å². The number of aryl methyl sites for hydroxylation is 2. The highest BCUT2D eigenvalue weighted by molar-refractivity contribution is 5.96. The summed E-state index contributed by atoms with van der Waals surface area (Å²) in [6.45, 7) is 4.21. The number of likely N-dealkylation sites (N-methyl/N-ethyl adjacent to an activating group) is 1. The molecule has 0 fully saturated rings. The summed E-state index contributed by atoms with van der Waals surface area (Å²) in [6, 6.07) is 8.16. The fourth-order valence-electron chi connectivity index (χ4n) is 2.36. The van der Waals surface area contributed by atoms with Crippen molar-refractivity contribution in [2.75, 3.05) is 7.05 Å². The monoisotopic (exact) mass is 315 g/mol. The zero-order valence-electron chi connectivity index (χ0n) is 14.1. The number of hydrogen-bond acceptors (Lipinski definition) is 5. The van der Waals surface area contributed by atoms with E-state index in [0.29, 0.717) is 37.0 Å². The SMILES string of the molecule is CCCc1ccc(C(=O)CCc2nc(CC(C)NC)no2)cc1. The molecule has 0 amide bonds. The Labute approximate surface area is 137 Å². The largest absolute Gasteiger partial charge is 0.339 e. The molecule has 23 heavy (non-hydrogen) atoms. The van der Waals surface area contributed by atoms with Gasteiger partial charge < -0.3 is 9.84 Å². The van der Waals surface area contributed by atoms with E-state index in [4.69, 9.17) is 4.52 Å². The second-order valence-corrected chi connectivity index (χ2v) is 5.87. The highest BCUT2D eigenvalue weighted by Gasteiger charge is 2.12. The summed E-state index contributed by atoms with van der Waals surface area (Å²) in [4.78, 5) is 16.6. The Morgan fingerprint density at radius 3 is 2.65 bits per heavy atom. The van der Waals surface area contributed by atoms with Crippen LogP contribution < -0.4 is 5.32 Å². The van der Waals surface area contributed by atoms with Crippen molar-refractivity contribution in [3.05, 3.63) is 47.1 Å². The van der Waals surface area contributed by atoms with E-state index in [1.807, 2.05) is 31.3 Å². The van der Waals surface area contributed by atoms with Gasteiger partial charge in [-0.15, -0.1) is 0 Å². The minimum Gasteiger partial charge on any atom is -0.339 e. The van der Waals surface area contributed by atoms with Gasteiger partial charge >= 0.3 is 0 Å². The van der Waals surface area contributed by atoms with Gasteiger partial charge in [0.15, 0.2) is 11.6 Å². The number of nitrogens with zero attached hydrogens (tertiary/aromatic N) is 2. The summed E-state index contributed by atoms with van der Waals surface area (Å²) in [5.74, 6) is 1.31. The van der Waals surface area contributed by atoms with E-state index in [2.05, 4.69) is 29.3 Å². The van der Waals surface area contributed by atoms with Crippen LogP contribution in [0.25, 0.3) is 0 Å². The molecular weight excluding hydrogens is 290 g/mol. The Bertz CT molecular complexity index is 619. The van der Waals surface area contributed by atoms with Gasteiger partial charge in [0.1, 0.15) is 0 Å². The van der Waals surface area contributed by atoms with Gasteiger partial charge in [-0.1, -0.05) is 42.8 Å². The zero-order valence-corrected chi connectivity index (χ0v) is 14.1. The van der Waals surface area contributed by atoms with Crippen LogP contribution in [0, 0.1) is 0 Å². The number of carbonyl (C=O) groups excluding carboxylic acids is 1. The van der Waals surface area contributed by atoms with Crippen LogP contribution in [0.15, 0.2) is 28.8 Å². The third-order valence-electron chi connectivity index (χ3n) is 3.87. The lowest BCUT2D eigenvalue weighted by Crippen LogP contribution is -2.24. The van der Waals surface area contributed by atoms with Gasteiger partial charge in [-0.05, 0) is 26.0 Å². The first kappa shape index (κ1) is 17.3. The molecule has 5 nitrogen and oxygen atoms in total. The van der Waals surface area contributed by atoms with Gasteiger partial charge in [0.2, 0.25) is 5.89 Å². The van der Waals surface area contributed by atoms with Crippen molar-refractivity contribution in [3.63, 3.8) is 0 Å². The lowest BCUT2D eigenvalue weighted by atomic mass is 10.0. The molecule has 1 heterocycles. The van der Waals surface area contributed by atoms with Crippen molar-refractivity contribution < 1.29 is 9.32 Å². The van der Waals surface area contributed by atoms with Gasteiger partial charge in [-0.3, -0.25) is 4.79 Å². The first-order valence-corrected chi connectivity index (χ1v) is 8.23. The molecule has 1 unspecified atom stereocenters. The molecule has 0 saturated heterocycles. The maximum absolute atomic E-state index is 12.2. The molecule has 1 N–H and O–H groups in total. The van der Waals surface area contributed by atoms with Crippen molar-refractivity contribution in [2.45, 2.75) is 52.0 Å². The van der Waals surface area contributed by atoms with Gasteiger partial charge in [0.05, 0.1) is 0 Å². The Kier molecular flexibility index (Phi) is 6.47. The summed E-state index contributed by atoms with van der Waals surface area (Å²) in [7, 11) is 1.90. The summed E-state index contributed by atoms with van der Waals surface area (Å²) < 4.78 is 5.21. The number of Topliss-reactive ketones (excluding diaryl/α,β-unsaturated/α-hetero) is 1. The normalized spacial score (nSPS) is 12.3. The molecule has 1 aromatic carbocycles. The molecule has 2 aromatic rings. The first-order valence-electron chi connectivity index (χ1n) is 8.23. The molecule has 0 radical (unpaired) electrons. The average molecular weight is 315 g/mol. The minimum atomic E-state index is 0.108. The maximum Gasteiger partial charge on any atom is 0.227 e. The number of rotatable bonds is 9. The van der Waals surface area contributed by atoms with Crippen molar-refractivity contribution in [1.82, 2.24) is 15.5 Å². The standard InChI is InChI=1S/C18H25N3O2/c1-4-5-14-6-8-15(9-7-14)16(22)10-11-18-20-17(21-23-18)12-13(2)19-3/h6-9,13,19H,4-5,10-12H2,1-3H3. The minimum absolute atomic E-state index is 0.108. The van der Waals surface area contributed by atoms with Gasteiger partial charge in [0.25, 0.3) is 0 Å². The summed E-state index contributed by atoms with van der Waals surface area (Å²) in [6.07, 6.45) is 3.74. The summed E-state index contributed by atoms with van der Waals surface area (Å²) in [5, 5.41) is 7.08. The smallest absolute Gasteiger partial charge is 0.227 e. The molecule has 2 rings (SSSR count). The Balaban J connectivity index is 1.86. The number of ketones is 1. The van der Waals surface area contributed by atoms with E-state index in [1.165, 1.54) is 5.56 Å². The molecule has 5 heteroatoms. The molecule has 0 aliphatic rings. The van der Waals surface area contributed by atoms with Crippen LogP contribution in [-0.2, 0) is 19.3 Å². The highest BCUT2D eigenvalue weighted by atomic mass is 16.5. The fraction of sp³-hybridized carbons (Fsp3) is 0.500. The molecule has 0 bridgehead atoms. The van der Waals surface area contributed by atoms with E-state index in [0.717, 1.165) is 18.4 Å². The summed E-state index contributed by atoms with van der Waals surface area (Å²) in [5.41, 5.74) is 2.01. The predicted molar refractivity (Wildman–Crippen MR) is 89.6 cm³/mol. The van der Waals surface area contributed by atoms with Gasteiger partial charge in [-0.25, -0.2) is 0 Å². The lowest BCUT2D eigenvalue weighted by molar-refractivity contribution is 0.0979. The number of benzene rings is 1. The maximum atomic E-state index is 12.2. The van der Waals surface area contributed by atoms with Gasteiger partial charge in [-0.2, -0.15) is 4.98 Å². The van der Waals surface area contributed by atoms with E-state index in [9.17, 15) is 4.79 Å². The second-order valence-electron chi connectivity index (χ2n) is 5.87. The Morgan fingerprint density at radius 1 is 1.26 bits per heavy atom. The third-order valence-corrected chi connectivity index (χ3v) is 3.87. The highest BCUT2D eigenvalue weighted by Crippen LogP contribution is 2.11. The molecule has 0 aliphatic carbocycles. The van der Waals surface area contributed by atoms with Crippen LogP contribution in [0.1, 0.15) is 54.3 Å². The van der Waals surface area contributed by atoms with Crippen LogP contribution in [-0.4, -0.2) is 29.0 Å². The number of hydrogen-bond donors (Lipinski definition) is 1. The number of carbonyl (C=O) groups is 1. The third kappa shape index (κ3) is 5.28. The Morgan fingerprint density at radius 2 is 2.00 bits per heavy atom. The Hall–Kier alpha value is -2.01. The lowest BCUT2D eigenvalue weighted by Gasteiger charge is -2.04. The molecule has 0 aliphatic heterocycles. The molecule has 0 saturated carbocycles. The quantitative estimate of drug-likeness (QED) is 0.721. The van der Waals surface area contributed by atoms with E-state index < -0.39 is 0 Å². The molecule has 1 aromatic heterocycles. The second kappa shape index (κ2) is 8.58. The van der Waals surface area contributed by atoms with Crippen LogP contribution in [0.5, 0.6) is 0 Å². The van der Waals surface area contributed by atoms with Crippen molar-refractivity contribution in [3.8, 4) is 0 Å². The van der Waals surface area contributed by atoms with E-state index >= 15 is 0 Å². The van der Waals surface area contributed by atoms with Crippen LogP contribution in [0.4, 0.5) is 0 Å². The van der Waals surface area contributed by atoms with Crippen LogP contribution in [0.2, 0.25) is 0 Å². The number of aromatic nitrogens is 2. The summed E-state index contributed by atoms with van der Waals surface area (Å²) >= 11 is 0. The van der Waals surface area contributed by atoms with E-state index in [-0.39, 0.29) is 5.78 Å². The first-order chi connectivity index (χ1) is 11.1.